The Morgan fingerprint density at radius 3 is 2.70 bits per heavy atom. The highest BCUT2D eigenvalue weighted by atomic mass is 19.1. The van der Waals surface area contributed by atoms with Crippen molar-refractivity contribution in [2.45, 2.75) is 46.1 Å². The number of carboxylic acids is 1. The molecule has 1 aliphatic rings. The molecule has 0 radical (unpaired) electrons. The molecule has 0 atom stereocenters. The fraction of sp³-hybridized carbons (Fsp3) is 0.348. The number of halogens is 1. The number of benzene rings is 1. The van der Waals surface area contributed by atoms with Crippen molar-refractivity contribution < 1.29 is 14.3 Å². The van der Waals surface area contributed by atoms with Crippen LogP contribution >= 0.6 is 0 Å². The molecule has 2 aromatic heterocycles. The average molecular weight is 408 g/mol. The van der Waals surface area contributed by atoms with Crippen molar-refractivity contribution >= 4 is 11.8 Å². The Morgan fingerprint density at radius 2 is 1.97 bits per heavy atom. The van der Waals surface area contributed by atoms with Gasteiger partial charge in [0.25, 0.3) is 0 Å². The lowest BCUT2D eigenvalue weighted by Crippen LogP contribution is -2.21. The first-order chi connectivity index (χ1) is 14.3. The Kier molecular flexibility index (Phi) is 5.28. The minimum Gasteiger partial charge on any atom is -0.481 e. The zero-order chi connectivity index (χ0) is 21.3. The number of aliphatic carboxylic acids is 1. The lowest BCUT2D eigenvalue weighted by atomic mass is 9.76. The van der Waals surface area contributed by atoms with Crippen LogP contribution in [-0.4, -0.2) is 26.3 Å². The van der Waals surface area contributed by atoms with Crippen LogP contribution in [0.2, 0.25) is 0 Å². The highest BCUT2D eigenvalue weighted by Crippen LogP contribution is 2.38. The van der Waals surface area contributed by atoms with Crippen LogP contribution in [0, 0.1) is 11.4 Å². The van der Waals surface area contributed by atoms with Gasteiger partial charge in [0, 0.05) is 29.4 Å². The number of H-pyrrole nitrogens is 1. The molecule has 0 spiro atoms. The van der Waals surface area contributed by atoms with Crippen molar-refractivity contribution in [2.24, 2.45) is 5.41 Å². The van der Waals surface area contributed by atoms with Gasteiger partial charge in [-0.15, -0.1) is 0 Å². The summed E-state index contributed by atoms with van der Waals surface area (Å²) in [5, 5.41) is 19.6. The van der Waals surface area contributed by atoms with Crippen LogP contribution in [-0.2, 0) is 30.6 Å². The van der Waals surface area contributed by atoms with E-state index in [0.717, 1.165) is 41.8 Å². The maximum Gasteiger partial charge on any atom is 0.307 e. The van der Waals surface area contributed by atoms with E-state index >= 15 is 0 Å². The predicted molar refractivity (Wildman–Crippen MR) is 113 cm³/mol. The second-order valence-electron chi connectivity index (χ2n) is 8.67. The first kappa shape index (κ1) is 20.1. The van der Waals surface area contributed by atoms with Crippen LogP contribution in [0.4, 0.5) is 10.2 Å². The number of fused-ring (bicyclic) bond motifs is 1. The van der Waals surface area contributed by atoms with Crippen LogP contribution in [0.5, 0.6) is 0 Å². The van der Waals surface area contributed by atoms with Gasteiger partial charge in [0.15, 0.2) is 0 Å². The molecule has 7 heteroatoms. The number of carboxylic acid groups (broad SMARTS) is 1. The summed E-state index contributed by atoms with van der Waals surface area (Å²) in [4.78, 5) is 14.7. The Morgan fingerprint density at radius 1 is 1.23 bits per heavy atom. The minimum absolute atomic E-state index is 0.00626. The van der Waals surface area contributed by atoms with Gasteiger partial charge >= 0.3 is 5.97 Å². The summed E-state index contributed by atoms with van der Waals surface area (Å²) < 4.78 is 14.2. The molecule has 0 amide bonds. The number of pyridine rings is 1. The SMILES string of the molecule is CC1(C)CCc2c(-c3cc(F)nc(NCc4ccc(CC(=O)O)cc4)c3)n[nH]c2C1. The highest BCUT2D eigenvalue weighted by molar-refractivity contribution is 5.70. The summed E-state index contributed by atoms with van der Waals surface area (Å²) in [6, 6.07) is 10.5. The smallest absolute Gasteiger partial charge is 0.307 e. The summed E-state index contributed by atoms with van der Waals surface area (Å²) >= 11 is 0. The largest absolute Gasteiger partial charge is 0.481 e. The van der Waals surface area contributed by atoms with Crippen LogP contribution < -0.4 is 5.32 Å². The molecule has 30 heavy (non-hydrogen) atoms. The van der Waals surface area contributed by atoms with Crippen LogP contribution in [0.25, 0.3) is 11.3 Å². The number of rotatable bonds is 6. The lowest BCUT2D eigenvalue weighted by molar-refractivity contribution is -0.136. The molecule has 0 fully saturated rings. The van der Waals surface area contributed by atoms with E-state index < -0.39 is 11.9 Å². The summed E-state index contributed by atoms with van der Waals surface area (Å²) in [5.74, 6) is -0.978. The maximum absolute atomic E-state index is 14.2. The third-order valence-electron chi connectivity index (χ3n) is 5.58. The van der Waals surface area contributed by atoms with Gasteiger partial charge in [-0.25, -0.2) is 4.98 Å². The molecule has 0 saturated heterocycles. The van der Waals surface area contributed by atoms with Crippen LogP contribution in [0.1, 0.15) is 42.7 Å². The van der Waals surface area contributed by atoms with Crippen molar-refractivity contribution in [1.82, 2.24) is 15.2 Å². The molecule has 0 saturated carbocycles. The Hall–Kier alpha value is -3.22. The van der Waals surface area contributed by atoms with E-state index in [2.05, 4.69) is 34.3 Å². The van der Waals surface area contributed by atoms with Crippen molar-refractivity contribution in [3.63, 3.8) is 0 Å². The third-order valence-corrected chi connectivity index (χ3v) is 5.58. The number of hydrogen-bond acceptors (Lipinski definition) is 4. The predicted octanol–water partition coefficient (Wildman–Crippen LogP) is 4.36. The molecule has 2 heterocycles. The number of aromatic amines is 1. The maximum atomic E-state index is 14.2. The molecule has 3 N–H and O–H groups in total. The van der Waals surface area contributed by atoms with Gasteiger partial charge in [0.05, 0.1) is 12.1 Å². The molecule has 6 nitrogen and oxygen atoms in total. The van der Waals surface area contributed by atoms with E-state index in [1.165, 1.54) is 11.6 Å². The molecular weight excluding hydrogens is 383 g/mol. The Balaban J connectivity index is 1.51. The van der Waals surface area contributed by atoms with Crippen molar-refractivity contribution in [3.8, 4) is 11.3 Å². The number of hydrogen-bond donors (Lipinski definition) is 3. The van der Waals surface area contributed by atoms with E-state index in [9.17, 15) is 9.18 Å². The van der Waals surface area contributed by atoms with Gasteiger partial charge in [0.2, 0.25) is 5.95 Å². The van der Waals surface area contributed by atoms with Crippen molar-refractivity contribution in [3.05, 3.63) is 64.7 Å². The third kappa shape index (κ3) is 4.50. The van der Waals surface area contributed by atoms with Gasteiger partial charge in [-0.05, 0) is 41.9 Å². The second-order valence-corrected chi connectivity index (χ2v) is 8.67. The fourth-order valence-corrected chi connectivity index (χ4v) is 3.95. The molecular formula is C23H25FN4O2. The standard InChI is InChI=1S/C23H25FN4O2/c1-23(2)8-7-17-18(12-23)27-28-22(17)16-10-19(24)26-20(11-16)25-13-15-5-3-14(4-6-15)9-21(29)30/h3-6,10-11H,7-9,12-13H2,1-2H3,(H,25,26)(H,27,28)(H,29,30). The number of carbonyl (C=O) groups is 1. The summed E-state index contributed by atoms with van der Waals surface area (Å²) in [6.07, 6.45) is 2.92. The lowest BCUT2D eigenvalue weighted by Gasteiger charge is -2.29. The first-order valence-electron chi connectivity index (χ1n) is 10.1. The molecule has 1 aliphatic carbocycles. The molecule has 1 aromatic carbocycles. The van der Waals surface area contributed by atoms with E-state index in [-0.39, 0.29) is 11.8 Å². The fourth-order valence-electron chi connectivity index (χ4n) is 3.95. The van der Waals surface area contributed by atoms with Crippen LogP contribution in [0.15, 0.2) is 36.4 Å². The zero-order valence-electron chi connectivity index (χ0n) is 17.1. The molecule has 4 rings (SSSR count). The molecule has 0 aliphatic heterocycles. The number of anilines is 1. The minimum atomic E-state index is -0.860. The Bertz CT molecular complexity index is 1070. The molecule has 0 unspecified atom stereocenters. The highest BCUT2D eigenvalue weighted by Gasteiger charge is 2.29. The Labute approximate surface area is 174 Å². The number of nitrogens with one attached hydrogen (secondary N) is 2. The molecule has 3 aromatic rings. The van der Waals surface area contributed by atoms with Crippen molar-refractivity contribution in [2.75, 3.05) is 5.32 Å². The second kappa shape index (κ2) is 7.89. The first-order valence-corrected chi connectivity index (χ1v) is 10.1. The average Bonchev–Trinajstić information content (AvgIpc) is 3.08. The quantitative estimate of drug-likeness (QED) is 0.527. The van der Waals surface area contributed by atoms with Crippen LogP contribution in [0.3, 0.4) is 0 Å². The van der Waals surface area contributed by atoms with Gasteiger partial charge in [-0.2, -0.15) is 9.49 Å². The van der Waals surface area contributed by atoms with Gasteiger partial charge in [-0.3, -0.25) is 9.89 Å². The topological polar surface area (TPSA) is 90.9 Å². The van der Waals surface area contributed by atoms with Gasteiger partial charge in [-0.1, -0.05) is 38.1 Å². The molecule has 156 valence electrons. The van der Waals surface area contributed by atoms with E-state index in [1.807, 2.05) is 18.2 Å². The number of aromatic nitrogens is 3. The van der Waals surface area contributed by atoms with Gasteiger partial charge < -0.3 is 10.4 Å². The normalized spacial score (nSPS) is 14.9. The summed E-state index contributed by atoms with van der Waals surface area (Å²) in [6.45, 7) is 4.95. The monoisotopic (exact) mass is 408 g/mol. The summed E-state index contributed by atoms with van der Waals surface area (Å²) in [7, 11) is 0. The zero-order valence-corrected chi connectivity index (χ0v) is 17.1. The van der Waals surface area contributed by atoms with E-state index in [0.29, 0.717) is 17.9 Å². The van der Waals surface area contributed by atoms with Gasteiger partial charge in [0.1, 0.15) is 5.82 Å². The number of nitrogens with zero attached hydrogens (tertiary/aromatic N) is 2. The van der Waals surface area contributed by atoms with E-state index in [4.69, 9.17) is 5.11 Å². The summed E-state index contributed by atoms with van der Waals surface area (Å²) in [5.41, 5.74) is 5.74. The van der Waals surface area contributed by atoms with Crippen molar-refractivity contribution in [1.29, 1.82) is 0 Å². The van der Waals surface area contributed by atoms with E-state index in [1.54, 1.807) is 12.1 Å². The molecule has 0 bridgehead atoms.